The molecule has 0 aromatic rings. The van der Waals surface area contributed by atoms with Crippen LogP contribution in [0.1, 0.15) is 74.1 Å². The number of carbonyl (C=O) groups excluding carboxylic acids is 2. The standard InChI is InChI=1S/C17H34N2O2/c1-8-13(15(21)18-12-11-17(5,6)7)19-14(20)9-10-16(2,3)4/h13H,8-12H2,1-7H3,(H,18,21)(H,19,20). The molecule has 4 heteroatoms. The topological polar surface area (TPSA) is 58.2 Å². The van der Waals surface area contributed by atoms with Crippen LogP contribution in [0.15, 0.2) is 0 Å². The number of carbonyl (C=O) groups is 2. The second kappa shape index (κ2) is 8.40. The SMILES string of the molecule is CCC(NC(=O)CCC(C)(C)C)C(=O)NCCC(C)(C)C. The third-order valence-corrected chi connectivity index (χ3v) is 3.34. The lowest BCUT2D eigenvalue weighted by Gasteiger charge is -2.22. The van der Waals surface area contributed by atoms with E-state index in [-0.39, 0.29) is 22.6 Å². The second-order valence-electron chi connectivity index (χ2n) is 8.19. The zero-order valence-electron chi connectivity index (χ0n) is 14.9. The van der Waals surface area contributed by atoms with Crippen molar-refractivity contribution < 1.29 is 9.59 Å². The van der Waals surface area contributed by atoms with Gasteiger partial charge in [0.15, 0.2) is 0 Å². The van der Waals surface area contributed by atoms with Gasteiger partial charge in [0, 0.05) is 13.0 Å². The summed E-state index contributed by atoms with van der Waals surface area (Å²) in [6.07, 6.45) is 2.83. The Kier molecular flexibility index (Phi) is 7.98. The molecule has 0 aliphatic rings. The maximum Gasteiger partial charge on any atom is 0.242 e. The van der Waals surface area contributed by atoms with E-state index in [4.69, 9.17) is 0 Å². The van der Waals surface area contributed by atoms with Crippen molar-refractivity contribution in [2.24, 2.45) is 10.8 Å². The third kappa shape index (κ3) is 11.3. The first-order valence-corrected chi connectivity index (χ1v) is 8.02. The molecule has 21 heavy (non-hydrogen) atoms. The highest BCUT2D eigenvalue weighted by Crippen LogP contribution is 2.20. The Labute approximate surface area is 130 Å². The van der Waals surface area contributed by atoms with E-state index in [2.05, 4.69) is 52.2 Å². The van der Waals surface area contributed by atoms with Gasteiger partial charge < -0.3 is 10.6 Å². The second-order valence-corrected chi connectivity index (χ2v) is 8.19. The highest BCUT2D eigenvalue weighted by atomic mass is 16.2. The molecule has 0 saturated carbocycles. The summed E-state index contributed by atoms with van der Waals surface area (Å²) in [4.78, 5) is 24.0. The van der Waals surface area contributed by atoms with E-state index < -0.39 is 6.04 Å². The summed E-state index contributed by atoms with van der Waals surface area (Å²) in [7, 11) is 0. The highest BCUT2D eigenvalue weighted by Gasteiger charge is 2.20. The fourth-order valence-electron chi connectivity index (χ4n) is 1.79. The minimum Gasteiger partial charge on any atom is -0.354 e. The summed E-state index contributed by atoms with van der Waals surface area (Å²) in [5.74, 6) is -0.117. The summed E-state index contributed by atoms with van der Waals surface area (Å²) in [5.41, 5.74) is 0.332. The Morgan fingerprint density at radius 2 is 1.48 bits per heavy atom. The van der Waals surface area contributed by atoms with Gasteiger partial charge in [-0.3, -0.25) is 9.59 Å². The molecule has 0 spiro atoms. The van der Waals surface area contributed by atoms with E-state index in [0.717, 1.165) is 12.8 Å². The lowest BCUT2D eigenvalue weighted by molar-refractivity contribution is -0.129. The Bertz CT molecular complexity index is 338. The van der Waals surface area contributed by atoms with Crippen molar-refractivity contribution in [2.75, 3.05) is 6.54 Å². The van der Waals surface area contributed by atoms with Gasteiger partial charge in [0.1, 0.15) is 6.04 Å². The molecule has 1 unspecified atom stereocenters. The molecule has 0 saturated heterocycles. The van der Waals surface area contributed by atoms with Crippen LogP contribution in [0.4, 0.5) is 0 Å². The van der Waals surface area contributed by atoms with Gasteiger partial charge in [0.25, 0.3) is 0 Å². The maximum atomic E-state index is 12.1. The largest absolute Gasteiger partial charge is 0.354 e. The quantitative estimate of drug-likeness (QED) is 0.758. The van der Waals surface area contributed by atoms with Crippen LogP contribution in [0.2, 0.25) is 0 Å². The van der Waals surface area contributed by atoms with Crippen molar-refractivity contribution in [3.8, 4) is 0 Å². The number of hydrogen-bond acceptors (Lipinski definition) is 2. The minimum absolute atomic E-state index is 0.0391. The number of amides is 2. The average Bonchev–Trinajstić information content (AvgIpc) is 2.30. The first kappa shape index (κ1) is 19.9. The maximum absolute atomic E-state index is 12.1. The first-order valence-electron chi connectivity index (χ1n) is 8.02. The van der Waals surface area contributed by atoms with Gasteiger partial charge in [-0.2, -0.15) is 0 Å². The Morgan fingerprint density at radius 3 is 1.90 bits per heavy atom. The summed E-state index contributed by atoms with van der Waals surface area (Å²) in [6.45, 7) is 15.3. The van der Waals surface area contributed by atoms with E-state index in [0.29, 0.717) is 19.4 Å². The van der Waals surface area contributed by atoms with Gasteiger partial charge in [-0.05, 0) is 30.1 Å². The minimum atomic E-state index is -0.419. The molecule has 0 aliphatic heterocycles. The van der Waals surface area contributed by atoms with Crippen molar-refractivity contribution in [3.63, 3.8) is 0 Å². The molecular weight excluding hydrogens is 264 g/mol. The molecule has 0 bridgehead atoms. The van der Waals surface area contributed by atoms with Crippen LogP contribution in [0.25, 0.3) is 0 Å². The lowest BCUT2D eigenvalue weighted by Crippen LogP contribution is -2.47. The third-order valence-electron chi connectivity index (χ3n) is 3.34. The van der Waals surface area contributed by atoms with Gasteiger partial charge in [0.05, 0.1) is 0 Å². The van der Waals surface area contributed by atoms with Crippen molar-refractivity contribution in [1.82, 2.24) is 10.6 Å². The summed E-state index contributed by atoms with van der Waals surface area (Å²) in [6, 6.07) is -0.419. The van der Waals surface area contributed by atoms with Crippen LogP contribution in [0.3, 0.4) is 0 Å². The molecule has 0 aromatic heterocycles. The van der Waals surface area contributed by atoms with Gasteiger partial charge in [-0.25, -0.2) is 0 Å². The monoisotopic (exact) mass is 298 g/mol. The van der Waals surface area contributed by atoms with E-state index in [1.165, 1.54) is 0 Å². The van der Waals surface area contributed by atoms with E-state index >= 15 is 0 Å². The van der Waals surface area contributed by atoms with Crippen molar-refractivity contribution in [3.05, 3.63) is 0 Å². The van der Waals surface area contributed by atoms with E-state index in [1.54, 1.807) is 0 Å². The van der Waals surface area contributed by atoms with E-state index in [9.17, 15) is 9.59 Å². The zero-order valence-corrected chi connectivity index (χ0v) is 14.9. The molecule has 2 amide bonds. The Balaban J connectivity index is 4.19. The fraction of sp³-hybridized carbons (Fsp3) is 0.882. The summed E-state index contributed by atoms with van der Waals surface area (Å²) in [5, 5.41) is 5.75. The van der Waals surface area contributed by atoms with Gasteiger partial charge >= 0.3 is 0 Å². The average molecular weight is 298 g/mol. The van der Waals surface area contributed by atoms with Crippen LogP contribution in [-0.4, -0.2) is 24.4 Å². The number of hydrogen-bond donors (Lipinski definition) is 2. The smallest absolute Gasteiger partial charge is 0.242 e. The van der Waals surface area contributed by atoms with Crippen LogP contribution >= 0.6 is 0 Å². The molecule has 0 aromatic carbocycles. The number of nitrogens with one attached hydrogen (secondary N) is 2. The summed E-state index contributed by atoms with van der Waals surface area (Å²) >= 11 is 0. The van der Waals surface area contributed by atoms with Crippen LogP contribution in [-0.2, 0) is 9.59 Å². The fourth-order valence-corrected chi connectivity index (χ4v) is 1.79. The van der Waals surface area contributed by atoms with Crippen molar-refractivity contribution in [2.45, 2.75) is 80.2 Å². The molecule has 0 heterocycles. The predicted octanol–water partition coefficient (Wildman–Crippen LogP) is 3.26. The molecule has 0 aliphatic carbocycles. The Morgan fingerprint density at radius 1 is 0.952 bits per heavy atom. The van der Waals surface area contributed by atoms with E-state index in [1.807, 2.05) is 6.92 Å². The predicted molar refractivity (Wildman–Crippen MR) is 88.0 cm³/mol. The van der Waals surface area contributed by atoms with Crippen LogP contribution in [0, 0.1) is 10.8 Å². The molecule has 0 fully saturated rings. The molecule has 2 N–H and O–H groups in total. The van der Waals surface area contributed by atoms with Gasteiger partial charge in [-0.1, -0.05) is 48.5 Å². The molecular formula is C17H34N2O2. The molecule has 4 nitrogen and oxygen atoms in total. The molecule has 124 valence electrons. The zero-order chi connectivity index (χ0) is 16.7. The summed E-state index contributed by atoms with van der Waals surface area (Å²) < 4.78 is 0. The van der Waals surface area contributed by atoms with Gasteiger partial charge in [-0.15, -0.1) is 0 Å². The lowest BCUT2D eigenvalue weighted by atomic mass is 9.90. The van der Waals surface area contributed by atoms with Crippen molar-refractivity contribution >= 4 is 11.8 Å². The molecule has 1 atom stereocenters. The van der Waals surface area contributed by atoms with Gasteiger partial charge in [0.2, 0.25) is 11.8 Å². The van der Waals surface area contributed by atoms with Crippen molar-refractivity contribution in [1.29, 1.82) is 0 Å². The molecule has 0 rings (SSSR count). The number of rotatable bonds is 7. The Hall–Kier alpha value is -1.06. The highest BCUT2D eigenvalue weighted by molar-refractivity contribution is 5.87. The molecule has 0 radical (unpaired) electrons. The van der Waals surface area contributed by atoms with Crippen LogP contribution < -0.4 is 10.6 Å². The normalized spacial score (nSPS) is 13.7. The van der Waals surface area contributed by atoms with Crippen LogP contribution in [0.5, 0.6) is 0 Å². The first-order chi connectivity index (χ1) is 9.44.